The molecular weight excluding hydrogens is 316 g/mol. The number of Topliss-reactive ketones (excluding diaryl/α,β-unsaturated/α-hetero) is 1. The van der Waals surface area contributed by atoms with E-state index in [9.17, 15) is 4.79 Å². The average molecular weight is 331 g/mol. The van der Waals surface area contributed by atoms with Gasteiger partial charge in [0.25, 0.3) is 0 Å². The second-order valence-electron chi connectivity index (χ2n) is 5.04. The van der Waals surface area contributed by atoms with E-state index in [1.54, 1.807) is 0 Å². The molecule has 2 nitrogen and oxygen atoms in total. The first-order chi connectivity index (χ1) is 9.66. The molecule has 0 saturated heterocycles. The molecule has 0 saturated carbocycles. The summed E-state index contributed by atoms with van der Waals surface area (Å²) in [6, 6.07) is 13.8. The van der Waals surface area contributed by atoms with Crippen molar-refractivity contribution in [3.05, 3.63) is 63.6 Å². The number of fused-ring (bicyclic) bond motifs is 1. The van der Waals surface area contributed by atoms with Gasteiger partial charge in [0.1, 0.15) is 5.75 Å². The van der Waals surface area contributed by atoms with E-state index in [1.807, 2.05) is 49.4 Å². The lowest BCUT2D eigenvalue weighted by molar-refractivity contribution is 0.0963. The van der Waals surface area contributed by atoms with Crippen LogP contribution in [0.25, 0.3) is 0 Å². The zero-order valence-corrected chi connectivity index (χ0v) is 12.8. The van der Waals surface area contributed by atoms with Gasteiger partial charge in [-0.3, -0.25) is 4.79 Å². The third-order valence-corrected chi connectivity index (χ3v) is 4.16. The number of rotatable bonds is 3. The SMILES string of the molecule is CC(C(=O)c1cc(Br)cc2c1OCC2)c1ccccc1. The molecule has 1 unspecified atom stereocenters. The van der Waals surface area contributed by atoms with Crippen molar-refractivity contribution in [1.29, 1.82) is 0 Å². The number of hydrogen-bond acceptors (Lipinski definition) is 2. The van der Waals surface area contributed by atoms with Crippen molar-refractivity contribution in [3.63, 3.8) is 0 Å². The highest BCUT2D eigenvalue weighted by molar-refractivity contribution is 9.10. The molecule has 2 aromatic rings. The number of ether oxygens (including phenoxy) is 1. The highest BCUT2D eigenvalue weighted by Crippen LogP contribution is 2.35. The molecule has 1 atom stereocenters. The highest BCUT2D eigenvalue weighted by atomic mass is 79.9. The molecule has 0 fully saturated rings. The summed E-state index contributed by atoms with van der Waals surface area (Å²) in [7, 11) is 0. The Morgan fingerprint density at radius 2 is 2.00 bits per heavy atom. The summed E-state index contributed by atoms with van der Waals surface area (Å²) in [6.45, 7) is 2.60. The molecule has 0 radical (unpaired) electrons. The molecule has 1 heterocycles. The maximum atomic E-state index is 12.8. The minimum atomic E-state index is -0.168. The maximum absolute atomic E-state index is 12.8. The zero-order valence-electron chi connectivity index (χ0n) is 11.2. The van der Waals surface area contributed by atoms with Gasteiger partial charge in [-0.15, -0.1) is 0 Å². The molecule has 1 aliphatic heterocycles. The van der Waals surface area contributed by atoms with Gasteiger partial charge < -0.3 is 4.74 Å². The van der Waals surface area contributed by atoms with Crippen LogP contribution in [0.5, 0.6) is 5.75 Å². The number of carbonyl (C=O) groups excluding carboxylic acids is 1. The van der Waals surface area contributed by atoms with Gasteiger partial charge in [0, 0.05) is 16.8 Å². The molecule has 3 heteroatoms. The Kier molecular flexibility index (Phi) is 3.62. The van der Waals surface area contributed by atoms with E-state index in [0.29, 0.717) is 12.2 Å². The van der Waals surface area contributed by atoms with Crippen LogP contribution in [-0.4, -0.2) is 12.4 Å². The Balaban J connectivity index is 1.99. The van der Waals surface area contributed by atoms with E-state index in [2.05, 4.69) is 15.9 Å². The van der Waals surface area contributed by atoms with Gasteiger partial charge in [-0.25, -0.2) is 0 Å². The van der Waals surface area contributed by atoms with E-state index in [1.165, 1.54) is 0 Å². The van der Waals surface area contributed by atoms with Crippen LogP contribution in [0, 0.1) is 0 Å². The number of halogens is 1. The van der Waals surface area contributed by atoms with Crippen LogP contribution in [0.3, 0.4) is 0 Å². The van der Waals surface area contributed by atoms with Crippen LogP contribution in [-0.2, 0) is 6.42 Å². The van der Waals surface area contributed by atoms with Gasteiger partial charge in [0.05, 0.1) is 12.2 Å². The van der Waals surface area contributed by atoms with Crippen LogP contribution in [0.2, 0.25) is 0 Å². The fraction of sp³-hybridized carbons (Fsp3) is 0.235. The largest absolute Gasteiger partial charge is 0.492 e. The van der Waals surface area contributed by atoms with Crippen molar-refractivity contribution >= 4 is 21.7 Å². The summed E-state index contributed by atoms with van der Waals surface area (Å²) >= 11 is 3.48. The minimum absolute atomic E-state index is 0.107. The fourth-order valence-corrected chi connectivity index (χ4v) is 3.08. The molecule has 3 rings (SSSR count). The summed E-state index contributed by atoms with van der Waals surface area (Å²) in [4.78, 5) is 12.8. The Hall–Kier alpha value is -1.61. The molecule has 1 aliphatic rings. The number of benzene rings is 2. The van der Waals surface area contributed by atoms with E-state index in [-0.39, 0.29) is 11.7 Å². The van der Waals surface area contributed by atoms with E-state index < -0.39 is 0 Å². The predicted octanol–water partition coefficient (Wildman–Crippen LogP) is 4.37. The van der Waals surface area contributed by atoms with Gasteiger partial charge in [-0.1, -0.05) is 53.2 Å². The van der Waals surface area contributed by atoms with Crippen molar-refractivity contribution in [2.24, 2.45) is 0 Å². The van der Waals surface area contributed by atoms with Gasteiger partial charge in [0.15, 0.2) is 5.78 Å². The lowest BCUT2D eigenvalue weighted by Gasteiger charge is -2.14. The van der Waals surface area contributed by atoms with Gasteiger partial charge in [-0.2, -0.15) is 0 Å². The molecule has 0 spiro atoms. The quantitative estimate of drug-likeness (QED) is 0.781. The normalized spacial score (nSPS) is 14.5. The maximum Gasteiger partial charge on any atom is 0.173 e. The molecule has 0 aromatic heterocycles. The van der Waals surface area contributed by atoms with Crippen molar-refractivity contribution in [1.82, 2.24) is 0 Å². The summed E-state index contributed by atoms with van der Waals surface area (Å²) in [5.74, 6) is 0.704. The predicted molar refractivity (Wildman–Crippen MR) is 82.5 cm³/mol. The summed E-state index contributed by atoms with van der Waals surface area (Å²) in [5, 5.41) is 0. The molecular formula is C17H15BrO2. The van der Waals surface area contributed by atoms with Crippen molar-refractivity contribution in [2.75, 3.05) is 6.61 Å². The molecule has 102 valence electrons. The number of ketones is 1. The van der Waals surface area contributed by atoms with Crippen molar-refractivity contribution in [3.8, 4) is 5.75 Å². The Morgan fingerprint density at radius 3 is 2.75 bits per heavy atom. The van der Waals surface area contributed by atoms with Crippen LogP contribution >= 0.6 is 15.9 Å². The third-order valence-electron chi connectivity index (χ3n) is 3.71. The standard InChI is InChI=1S/C17H15BrO2/c1-11(12-5-3-2-4-6-12)16(19)15-10-14(18)9-13-7-8-20-17(13)15/h2-6,9-11H,7-8H2,1H3. The smallest absolute Gasteiger partial charge is 0.173 e. The van der Waals surface area contributed by atoms with Gasteiger partial charge >= 0.3 is 0 Å². The summed E-state index contributed by atoms with van der Waals surface area (Å²) in [6.07, 6.45) is 0.870. The second kappa shape index (κ2) is 5.41. The topological polar surface area (TPSA) is 26.3 Å². The first kappa shape index (κ1) is 13.4. The monoisotopic (exact) mass is 330 g/mol. The molecule has 2 aromatic carbocycles. The first-order valence-corrected chi connectivity index (χ1v) is 7.50. The number of hydrogen-bond donors (Lipinski definition) is 0. The zero-order chi connectivity index (χ0) is 14.1. The van der Waals surface area contributed by atoms with Gasteiger partial charge in [-0.05, 0) is 23.3 Å². The first-order valence-electron chi connectivity index (χ1n) is 6.71. The third kappa shape index (κ3) is 2.38. The molecule has 0 aliphatic carbocycles. The summed E-state index contributed by atoms with van der Waals surface area (Å²) in [5.41, 5.74) is 2.83. The fourth-order valence-electron chi connectivity index (χ4n) is 2.58. The van der Waals surface area contributed by atoms with Crippen molar-refractivity contribution in [2.45, 2.75) is 19.3 Å². The second-order valence-corrected chi connectivity index (χ2v) is 5.95. The van der Waals surface area contributed by atoms with E-state index in [0.717, 1.165) is 27.8 Å². The van der Waals surface area contributed by atoms with Crippen molar-refractivity contribution < 1.29 is 9.53 Å². The molecule has 0 bridgehead atoms. The van der Waals surface area contributed by atoms with Crippen LogP contribution in [0.1, 0.15) is 34.3 Å². The average Bonchev–Trinajstić information content (AvgIpc) is 2.94. The Morgan fingerprint density at radius 1 is 1.25 bits per heavy atom. The Bertz CT molecular complexity index is 650. The lowest BCUT2D eigenvalue weighted by atomic mass is 9.91. The highest BCUT2D eigenvalue weighted by Gasteiger charge is 2.25. The van der Waals surface area contributed by atoms with Gasteiger partial charge in [0.2, 0.25) is 0 Å². The van der Waals surface area contributed by atoms with Crippen LogP contribution in [0.4, 0.5) is 0 Å². The molecule has 20 heavy (non-hydrogen) atoms. The minimum Gasteiger partial charge on any atom is -0.492 e. The number of carbonyl (C=O) groups is 1. The van der Waals surface area contributed by atoms with E-state index >= 15 is 0 Å². The lowest BCUT2D eigenvalue weighted by Crippen LogP contribution is -2.11. The molecule has 0 amide bonds. The van der Waals surface area contributed by atoms with Crippen LogP contribution < -0.4 is 4.74 Å². The van der Waals surface area contributed by atoms with Crippen LogP contribution in [0.15, 0.2) is 46.9 Å². The Labute approximate surface area is 126 Å². The molecule has 0 N–H and O–H groups in total. The van der Waals surface area contributed by atoms with E-state index in [4.69, 9.17) is 4.74 Å². The summed E-state index contributed by atoms with van der Waals surface area (Å²) < 4.78 is 6.59.